The van der Waals surface area contributed by atoms with Gasteiger partial charge in [0.15, 0.2) is 0 Å². The highest BCUT2D eigenvalue weighted by atomic mass is 79.9. The molecule has 0 aliphatic carbocycles. The van der Waals surface area contributed by atoms with Crippen molar-refractivity contribution in [3.8, 4) is 0 Å². The average Bonchev–Trinajstić information content (AvgIpc) is 2.82. The zero-order chi connectivity index (χ0) is 12.3. The summed E-state index contributed by atoms with van der Waals surface area (Å²) in [5.41, 5.74) is 1.11. The molecule has 1 aliphatic heterocycles. The fraction of sp³-hybridized carbons (Fsp3) is 0.417. The first kappa shape index (κ1) is 12.9. The zero-order valence-electron chi connectivity index (χ0n) is 9.57. The predicted octanol–water partition coefficient (Wildman–Crippen LogP) is 2.29. The molecule has 1 amide bonds. The van der Waals surface area contributed by atoms with Crippen LogP contribution in [0.15, 0.2) is 28.7 Å². The van der Waals surface area contributed by atoms with Crippen LogP contribution >= 0.6 is 27.7 Å². The van der Waals surface area contributed by atoms with Gasteiger partial charge in [-0.15, -0.1) is 11.8 Å². The fourth-order valence-corrected chi connectivity index (χ4v) is 3.10. The van der Waals surface area contributed by atoms with Crippen LogP contribution < -0.4 is 10.6 Å². The van der Waals surface area contributed by atoms with E-state index in [1.54, 1.807) is 11.8 Å². The molecule has 92 valence electrons. The van der Waals surface area contributed by atoms with E-state index in [0.717, 1.165) is 21.7 Å². The smallest absolute Gasteiger partial charge is 0.238 e. The van der Waals surface area contributed by atoms with Crippen molar-refractivity contribution in [2.75, 3.05) is 11.6 Å². The first-order valence-corrected chi connectivity index (χ1v) is 7.48. The number of halogens is 1. The van der Waals surface area contributed by atoms with Crippen molar-refractivity contribution in [3.05, 3.63) is 34.3 Å². The summed E-state index contributed by atoms with van der Waals surface area (Å²) >= 11 is 5.19. The van der Waals surface area contributed by atoms with E-state index in [9.17, 15) is 4.79 Å². The van der Waals surface area contributed by atoms with E-state index in [-0.39, 0.29) is 18.0 Å². The summed E-state index contributed by atoms with van der Waals surface area (Å²) in [5, 5.41) is 6.20. The largest absolute Gasteiger partial charge is 0.348 e. The third-order valence-electron chi connectivity index (χ3n) is 2.74. The molecule has 1 aliphatic rings. The summed E-state index contributed by atoms with van der Waals surface area (Å²) in [6.45, 7) is 2.00. The van der Waals surface area contributed by atoms with E-state index in [1.807, 2.05) is 31.2 Å². The zero-order valence-corrected chi connectivity index (χ0v) is 12.0. The standard InChI is InChI=1S/C12H15BrN2OS/c1-8(9-3-2-4-10(13)5-9)15-12(16)11-6-17-7-14-11/h2-5,8,11,14H,6-7H2,1H3,(H,15,16). The molecule has 0 bridgehead atoms. The molecule has 1 aromatic carbocycles. The Bertz CT molecular complexity index is 407. The molecule has 1 fully saturated rings. The Morgan fingerprint density at radius 2 is 2.47 bits per heavy atom. The lowest BCUT2D eigenvalue weighted by molar-refractivity contribution is -0.123. The van der Waals surface area contributed by atoms with Crippen LogP contribution in [0, 0.1) is 0 Å². The number of carbonyl (C=O) groups excluding carboxylic acids is 1. The second-order valence-corrected chi connectivity index (χ2v) is 6.00. The van der Waals surface area contributed by atoms with Gasteiger partial charge in [-0.3, -0.25) is 10.1 Å². The number of benzene rings is 1. The summed E-state index contributed by atoms with van der Waals surface area (Å²) in [4.78, 5) is 11.9. The molecule has 2 rings (SSSR count). The number of thioether (sulfide) groups is 1. The van der Waals surface area contributed by atoms with Crippen molar-refractivity contribution < 1.29 is 4.79 Å². The molecular weight excluding hydrogens is 300 g/mol. The van der Waals surface area contributed by atoms with E-state index >= 15 is 0 Å². The Balaban J connectivity index is 1.96. The summed E-state index contributed by atoms with van der Waals surface area (Å²) < 4.78 is 1.03. The molecule has 5 heteroatoms. The van der Waals surface area contributed by atoms with Crippen LogP contribution in [-0.2, 0) is 4.79 Å². The van der Waals surface area contributed by atoms with Crippen LogP contribution in [0.4, 0.5) is 0 Å². The maximum Gasteiger partial charge on any atom is 0.238 e. The van der Waals surface area contributed by atoms with Gasteiger partial charge in [0.2, 0.25) is 5.91 Å². The van der Waals surface area contributed by atoms with Gasteiger partial charge in [0.25, 0.3) is 0 Å². The van der Waals surface area contributed by atoms with Crippen molar-refractivity contribution in [1.82, 2.24) is 10.6 Å². The van der Waals surface area contributed by atoms with E-state index < -0.39 is 0 Å². The van der Waals surface area contributed by atoms with Crippen LogP contribution in [-0.4, -0.2) is 23.6 Å². The van der Waals surface area contributed by atoms with Gasteiger partial charge in [-0.05, 0) is 24.6 Å². The highest BCUT2D eigenvalue weighted by Crippen LogP contribution is 2.18. The minimum absolute atomic E-state index is 0.0346. The number of carbonyl (C=O) groups is 1. The third-order valence-corrected chi connectivity index (χ3v) is 4.17. The Morgan fingerprint density at radius 3 is 3.12 bits per heavy atom. The van der Waals surface area contributed by atoms with Crippen molar-refractivity contribution >= 4 is 33.6 Å². The summed E-state index contributed by atoms with van der Waals surface area (Å²) in [7, 11) is 0. The molecule has 3 nitrogen and oxygen atoms in total. The minimum Gasteiger partial charge on any atom is -0.348 e. The van der Waals surface area contributed by atoms with Crippen molar-refractivity contribution in [3.63, 3.8) is 0 Å². The first-order chi connectivity index (χ1) is 8.16. The molecule has 1 aromatic rings. The lowest BCUT2D eigenvalue weighted by atomic mass is 10.1. The fourth-order valence-electron chi connectivity index (χ4n) is 1.74. The third kappa shape index (κ3) is 3.47. The van der Waals surface area contributed by atoms with Crippen molar-refractivity contribution in [2.24, 2.45) is 0 Å². The summed E-state index contributed by atoms with van der Waals surface area (Å²) in [6, 6.07) is 8.00. The highest BCUT2D eigenvalue weighted by Gasteiger charge is 2.23. The van der Waals surface area contributed by atoms with Crippen LogP contribution in [0.25, 0.3) is 0 Å². The summed E-state index contributed by atoms with van der Waals surface area (Å²) in [5.74, 6) is 1.81. The second-order valence-electron chi connectivity index (χ2n) is 4.06. The maximum atomic E-state index is 11.9. The lowest BCUT2D eigenvalue weighted by Crippen LogP contribution is -2.42. The second kappa shape index (κ2) is 5.89. The SMILES string of the molecule is CC(NC(=O)C1CSCN1)c1cccc(Br)c1. The van der Waals surface area contributed by atoms with E-state index in [4.69, 9.17) is 0 Å². The Labute approximate surface area is 114 Å². The Morgan fingerprint density at radius 1 is 1.65 bits per heavy atom. The number of nitrogens with one attached hydrogen (secondary N) is 2. The monoisotopic (exact) mass is 314 g/mol. The number of rotatable bonds is 3. The van der Waals surface area contributed by atoms with Crippen LogP contribution in [0.1, 0.15) is 18.5 Å². The minimum atomic E-state index is -0.0467. The van der Waals surface area contributed by atoms with Gasteiger partial charge in [-0.2, -0.15) is 0 Å². The molecule has 0 spiro atoms. The normalized spacial score (nSPS) is 21.2. The molecular formula is C12H15BrN2OS. The van der Waals surface area contributed by atoms with Gasteiger partial charge in [0.1, 0.15) is 0 Å². The number of hydrogen-bond donors (Lipinski definition) is 2. The van der Waals surface area contributed by atoms with E-state index in [0.29, 0.717) is 0 Å². The molecule has 0 aromatic heterocycles. The lowest BCUT2D eigenvalue weighted by Gasteiger charge is -2.17. The van der Waals surface area contributed by atoms with Gasteiger partial charge >= 0.3 is 0 Å². The molecule has 2 unspecified atom stereocenters. The van der Waals surface area contributed by atoms with Crippen LogP contribution in [0.2, 0.25) is 0 Å². The van der Waals surface area contributed by atoms with Gasteiger partial charge < -0.3 is 5.32 Å². The molecule has 1 heterocycles. The number of hydrogen-bond acceptors (Lipinski definition) is 3. The van der Waals surface area contributed by atoms with Gasteiger partial charge in [-0.25, -0.2) is 0 Å². The topological polar surface area (TPSA) is 41.1 Å². The molecule has 1 saturated heterocycles. The first-order valence-electron chi connectivity index (χ1n) is 5.54. The van der Waals surface area contributed by atoms with Crippen LogP contribution in [0.3, 0.4) is 0 Å². The Kier molecular flexibility index (Phi) is 4.48. The van der Waals surface area contributed by atoms with Crippen molar-refractivity contribution in [1.29, 1.82) is 0 Å². The molecule has 17 heavy (non-hydrogen) atoms. The van der Waals surface area contributed by atoms with Gasteiger partial charge in [0.05, 0.1) is 12.1 Å². The Hall–Kier alpha value is -0.520. The molecule has 0 radical (unpaired) electrons. The summed E-state index contributed by atoms with van der Waals surface area (Å²) in [6.07, 6.45) is 0. The molecule has 2 N–H and O–H groups in total. The predicted molar refractivity (Wildman–Crippen MR) is 74.9 cm³/mol. The molecule has 0 saturated carbocycles. The average molecular weight is 315 g/mol. The van der Waals surface area contributed by atoms with Crippen molar-refractivity contribution in [2.45, 2.75) is 19.0 Å². The van der Waals surface area contributed by atoms with Gasteiger partial charge in [-0.1, -0.05) is 28.1 Å². The highest BCUT2D eigenvalue weighted by molar-refractivity contribution is 9.10. The number of amides is 1. The van der Waals surface area contributed by atoms with Gasteiger partial charge in [0, 0.05) is 16.1 Å². The van der Waals surface area contributed by atoms with Crippen LogP contribution in [0.5, 0.6) is 0 Å². The maximum absolute atomic E-state index is 11.9. The van der Waals surface area contributed by atoms with E-state index in [1.165, 1.54) is 0 Å². The quantitative estimate of drug-likeness (QED) is 0.899. The molecule has 2 atom stereocenters. The van der Waals surface area contributed by atoms with E-state index in [2.05, 4.69) is 26.6 Å².